The molecule has 0 fully saturated rings. The number of nitrogens with zero attached hydrogens (tertiary/aromatic N) is 1. The van der Waals surface area contributed by atoms with Gasteiger partial charge in [0.05, 0.1) is 6.61 Å². The zero-order valence-corrected chi connectivity index (χ0v) is 33.6. The van der Waals surface area contributed by atoms with Crippen LogP contribution in [0.2, 0.25) is 0 Å². The van der Waals surface area contributed by atoms with Crippen LogP contribution in [0, 0.1) is 5.92 Å². The van der Waals surface area contributed by atoms with Gasteiger partial charge in [-0.05, 0) is 87.3 Å². The number of hydrogen-bond acceptors (Lipinski definition) is 8. The molecule has 5 atom stereocenters. The van der Waals surface area contributed by atoms with Crippen molar-refractivity contribution in [3.8, 4) is 0 Å². The van der Waals surface area contributed by atoms with Crippen LogP contribution in [0.15, 0.2) is 54.6 Å². The summed E-state index contributed by atoms with van der Waals surface area (Å²) in [5, 5.41) is 32.0. The molecule has 2 rings (SSSR count). The third kappa shape index (κ3) is 16.2. The average Bonchev–Trinajstić information content (AvgIpc) is 3.13. The van der Waals surface area contributed by atoms with Crippen molar-refractivity contribution >= 4 is 35.5 Å². The Hall–Kier alpha value is -4.82. The lowest BCUT2D eigenvalue weighted by Crippen LogP contribution is -2.58. The molecule has 0 heterocycles. The van der Waals surface area contributed by atoms with Crippen LogP contribution >= 0.6 is 0 Å². The second-order valence-electron chi connectivity index (χ2n) is 15.5. The summed E-state index contributed by atoms with van der Waals surface area (Å²) in [7, 11) is 1.96. The van der Waals surface area contributed by atoms with Crippen molar-refractivity contribution in [2.45, 2.75) is 116 Å². The highest BCUT2D eigenvalue weighted by molar-refractivity contribution is 5.99. The van der Waals surface area contributed by atoms with Crippen LogP contribution in [0.5, 0.6) is 0 Å². The van der Waals surface area contributed by atoms with Crippen LogP contribution in [-0.4, -0.2) is 108 Å². The third-order valence-electron chi connectivity index (χ3n) is 9.26. The molecule has 55 heavy (non-hydrogen) atoms. The van der Waals surface area contributed by atoms with Gasteiger partial charge < -0.3 is 41.7 Å². The molecule has 7 N–H and O–H groups in total. The zero-order chi connectivity index (χ0) is 41.3. The molecule has 0 bridgehead atoms. The largest absolute Gasteiger partial charge is 0.480 e. The van der Waals surface area contributed by atoms with Gasteiger partial charge in [-0.2, -0.15) is 0 Å². The molecule has 304 valence electrons. The summed E-state index contributed by atoms with van der Waals surface area (Å²) in [4.78, 5) is 81.0. The van der Waals surface area contributed by atoms with Crippen molar-refractivity contribution in [1.82, 2.24) is 31.5 Å². The van der Waals surface area contributed by atoms with Gasteiger partial charge in [-0.1, -0.05) is 84.0 Å². The fraction of sp³-hybridized carbons (Fsp3) is 0.561. The molecule has 2 aromatic rings. The number of carboxylic acids is 1. The number of carboxylic acid groups (broad SMARTS) is 1. The molecule has 0 saturated heterocycles. The fourth-order valence-corrected chi connectivity index (χ4v) is 5.69. The SMILES string of the molecule is CCN(C)CCCC[C@H](NC(=O)[C@H](CC(C)C)NC(=O)[C@H](C)NC(=O)[C@H](Cc1ccccc1)NC(=O)c1ccc(C(C)(C)C)cc1)C(=O)N[C@@H](CO)C(=O)O. The second-order valence-corrected chi connectivity index (χ2v) is 15.5. The maximum absolute atomic E-state index is 13.7. The highest BCUT2D eigenvalue weighted by Crippen LogP contribution is 2.22. The molecule has 0 unspecified atom stereocenters. The highest BCUT2D eigenvalue weighted by atomic mass is 16.4. The Balaban J connectivity index is 2.22. The third-order valence-corrected chi connectivity index (χ3v) is 9.26. The van der Waals surface area contributed by atoms with Crippen LogP contribution in [0.3, 0.4) is 0 Å². The first-order valence-electron chi connectivity index (χ1n) is 19.0. The first kappa shape index (κ1) is 46.3. The lowest BCUT2D eigenvalue weighted by molar-refractivity contribution is -0.143. The Morgan fingerprint density at radius 1 is 0.709 bits per heavy atom. The fourth-order valence-electron chi connectivity index (χ4n) is 5.69. The van der Waals surface area contributed by atoms with Gasteiger partial charge in [0.1, 0.15) is 30.2 Å². The maximum Gasteiger partial charge on any atom is 0.328 e. The van der Waals surface area contributed by atoms with E-state index in [1.807, 2.05) is 70.3 Å². The first-order chi connectivity index (χ1) is 25.9. The highest BCUT2D eigenvalue weighted by Gasteiger charge is 2.32. The van der Waals surface area contributed by atoms with E-state index in [1.54, 1.807) is 12.1 Å². The van der Waals surface area contributed by atoms with Crippen molar-refractivity contribution in [1.29, 1.82) is 0 Å². The number of aliphatic hydroxyl groups is 1. The van der Waals surface area contributed by atoms with E-state index < -0.39 is 72.3 Å². The van der Waals surface area contributed by atoms with Gasteiger partial charge in [0.15, 0.2) is 0 Å². The van der Waals surface area contributed by atoms with Crippen LogP contribution in [0.4, 0.5) is 0 Å². The predicted molar refractivity (Wildman–Crippen MR) is 211 cm³/mol. The first-order valence-corrected chi connectivity index (χ1v) is 19.0. The van der Waals surface area contributed by atoms with Gasteiger partial charge in [-0.25, -0.2) is 4.79 Å². The molecule has 0 aromatic heterocycles. The van der Waals surface area contributed by atoms with E-state index in [2.05, 4.69) is 52.3 Å². The van der Waals surface area contributed by atoms with E-state index in [4.69, 9.17) is 0 Å². The van der Waals surface area contributed by atoms with E-state index in [9.17, 15) is 39.0 Å². The minimum Gasteiger partial charge on any atom is -0.480 e. The minimum absolute atomic E-state index is 0.0634. The van der Waals surface area contributed by atoms with Crippen LogP contribution < -0.4 is 26.6 Å². The quantitative estimate of drug-likeness (QED) is 0.0879. The Labute approximate surface area is 325 Å². The topological polar surface area (TPSA) is 206 Å². The van der Waals surface area contributed by atoms with Crippen molar-refractivity contribution in [3.05, 3.63) is 71.3 Å². The van der Waals surface area contributed by atoms with Crippen LogP contribution in [0.25, 0.3) is 0 Å². The molecule has 0 aliphatic rings. The van der Waals surface area contributed by atoms with Crippen molar-refractivity contribution in [2.24, 2.45) is 5.92 Å². The van der Waals surface area contributed by atoms with E-state index >= 15 is 0 Å². The van der Waals surface area contributed by atoms with E-state index in [1.165, 1.54) is 6.92 Å². The van der Waals surface area contributed by atoms with Gasteiger partial charge in [0, 0.05) is 12.0 Å². The lowest BCUT2D eigenvalue weighted by Gasteiger charge is -2.27. The summed E-state index contributed by atoms with van der Waals surface area (Å²) < 4.78 is 0. The number of carbonyl (C=O) groups excluding carboxylic acids is 5. The number of amides is 5. The summed E-state index contributed by atoms with van der Waals surface area (Å²) in [6.45, 7) is 14.2. The summed E-state index contributed by atoms with van der Waals surface area (Å²) in [6.07, 6.45) is 1.79. The van der Waals surface area contributed by atoms with E-state index in [-0.39, 0.29) is 30.6 Å². The molecule has 14 nitrogen and oxygen atoms in total. The van der Waals surface area contributed by atoms with Gasteiger partial charge in [-0.3, -0.25) is 24.0 Å². The molecule has 0 spiro atoms. The van der Waals surface area contributed by atoms with Gasteiger partial charge in [0.2, 0.25) is 23.6 Å². The molecular weight excluding hydrogens is 704 g/mol. The Bertz CT molecular complexity index is 1560. The predicted octanol–water partition coefficient (Wildman–Crippen LogP) is 2.53. The molecule has 0 aliphatic heterocycles. The zero-order valence-electron chi connectivity index (χ0n) is 33.6. The molecule has 0 saturated carbocycles. The smallest absolute Gasteiger partial charge is 0.328 e. The summed E-state index contributed by atoms with van der Waals surface area (Å²) in [5.74, 6) is -4.63. The van der Waals surface area contributed by atoms with Crippen molar-refractivity contribution in [2.75, 3.05) is 26.7 Å². The van der Waals surface area contributed by atoms with Gasteiger partial charge >= 0.3 is 5.97 Å². The van der Waals surface area contributed by atoms with Crippen LogP contribution in [-0.2, 0) is 35.8 Å². The number of carbonyl (C=O) groups is 6. The van der Waals surface area contributed by atoms with E-state index in [0.29, 0.717) is 18.4 Å². The minimum atomic E-state index is -1.56. The number of benzene rings is 2. The molecule has 0 radical (unpaired) electrons. The second kappa shape index (κ2) is 22.5. The summed E-state index contributed by atoms with van der Waals surface area (Å²) >= 11 is 0. The Kier molecular flexibility index (Phi) is 19.0. The van der Waals surface area contributed by atoms with Crippen molar-refractivity contribution in [3.63, 3.8) is 0 Å². The molecule has 2 aromatic carbocycles. The lowest BCUT2D eigenvalue weighted by atomic mass is 9.86. The monoisotopic (exact) mass is 766 g/mol. The summed E-state index contributed by atoms with van der Waals surface area (Å²) in [5.41, 5.74) is 2.11. The number of aliphatic hydroxyl groups excluding tert-OH is 1. The molecule has 14 heteroatoms. The number of rotatable bonds is 22. The molecule has 0 aliphatic carbocycles. The summed E-state index contributed by atoms with van der Waals surface area (Å²) in [6, 6.07) is 10.4. The van der Waals surface area contributed by atoms with Crippen LogP contribution in [0.1, 0.15) is 95.6 Å². The molecule has 5 amide bonds. The Morgan fingerprint density at radius 2 is 1.27 bits per heavy atom. The number of hydrogen-bond donors (Lipinski definition) is 7. The number of unbranched alkanes of at least 4 members (excludes halogenated alkanes) is 1. The Morgan fingerprint density at radius 3 is 1.82 bits per heavy atom. The van der Waals surface area contributed by atoms with E-state index in [0.717, 1.165) is 24.2 Å². The van der Waals surface area contributed by atoms with Gasteiger partial charge in [0.25, 0.3) is 5.91 Å². The standard InChI is InChI=1S/C41H62N6O8/c1-9-47(8)22-14-13-17-31(37(51)46-34(25-48)40(54)55)43-39(53)32(23-26(2)3)44-35(49)27(4)42-38(52)33(24-28-15-11-10-12-16-28)45-36(50)29-18-20-30(21-19-29)41(5,6)7/h10-12,15-16,18-21,26-27,31-34,48H,9,13-14,17,22-25H2,1-8H3,(H,42,52)(H,43,53)(H,44,49)(H,45,50)(H,46,51)(H,54,55)/t27-,31-,32-,33-,34-/m0/s1. The number of aliphatic carboxylic acids is 1. The normalized spacial score (nSPS) is 14.2. The van der Waals surface area contributed by atoms with Gasteiger partial charge in [-0.15, -0.1) is 0 Å². The molecular formula is C41H62N6O8. The maximum atomic E-state index is 13.7. The van der Waals surface area contributed by atoms with Crippen molar-refractivity contribution < 1.29 is 39.0 Å². The average molecular weight is 767 g/mol. The number of nitrogens with one attached hydrogen (secondary N) is 5.